The van der Waals surface area contributed by atoms with Gasteiger partial charge in [0.1, 0.15) is 0 Å². The van der Waals surface area contributed by atoms with Gasteiger partial charge in [-0.15, -0.1) is 0 Å². The standard InChI is InChI=1S/C17H29N/c1-6-8-15(5)17(18-7-2)12-16-11-13(3)9-10-14(16)4/h9-11,15,17-18H,6-8,12H2,1-5H3. The van der Waals surface area contributed by atoms with Crippen LogP contribution in [-0.2, 0) is 6.42 Å². The molecule has 1 heteroatoms. The maximum atomic E-state index is 3.66. The van der Waals surface area contributed by atoms with Crippen molar-refractivity contribution in [3.8, 4) is 0 Å². The zero-order chi connectivity index (χ0) is 13.5. The molecule has 0 spiro atoms. The molecule has 0 aromatic heterocycles. The van der Waals surface area contributed by atoms with E-state index in [1.807, 2.05) is 0 Å². The molecule has 0 saturated heterocycles. The van der Waals surface area contributed by atoms with Crippen LogP contribution in [0, 0.1) is 19.8 Å². The van der Waals surface area contributed by atoms with E-state index in [0.717, 1.165) is 18.9 Å². The van der Waals surface area contributed by atoms with Crippen LogP contribution in [0.15, 0.2) is 18.2 Å². The van der Waals surface area contributed by atoms with E-state index in [1.165, 1.54) is 29.5 Å². The van der Waals surface area contributed by atoms with E-state index in [1.54, 1.807) is 0 Å². The van der Waals surface area contributed by atoms with E-state index in [9.17, 15) is 0 Å². The maximum Gasteiger partial charge on any atom is 0.0133 e. The molecule has 0 aliphatic rings. The van der Waals surface area contributed by atoms with Crippen LogP contribution < -0.4 is 5.32 Å². The van der Waals surface area contributed by atoms with Crippen LogP contribution in [0.4, 0.5) is 0 Å². The first-order chi connectivity index (χ1) is 8.58. The average Bonchev–Trinajstić information content (AvgIpc) is 2.33. The predicted octanol–water partition coefficient (Wildman–Crippen LogP) is 4.26. The summed E-state index contributed by atoms with van der Waals surface area (Å²) in [6.45, 7) is 12.3. The van der Waals surface area contributed by atoms with Crippen molar-refractivity contribution in [3.63, 3.8) is 0 Å². The highest BCUT2D eigenvalue weighted by molar-refractivity contribution is 5.31. The van der Waals surface area contributed by atoms with E-state index in [2.05, 4.69) is 58.1 Å². The summed E-state index contributed by atoms with van der Waals surface area (Å²) in [5, 5.41) is 3.66. The summed E-state index contributed by atoms with van der Waals surface area (Å²) >= 11 is 0. The van der Waals surface area contributed by atoms with E-state index in [4.69, 9.17) is 0 Å². The van der Waals surface area contributed by atoms with Crippen LogP contribution in [0.3, 0.4) is 0 Å². The Bertz CT molecular complexity index is 357. The maximum absolute atomic E-state index is 3.66. The lowest BCUT2D eigenvalue weighted by atomic mass is 9.89. The molecule has 1 nitrogen and oxygen atoms in total. The number of benzene rings is 1. The molecule has 2 unspecified atom stereocenters. The number of nitrogens with one attached hydrogen (secondary N) is 1. The van der Waals surface area contributed by atoms with Crippen molar-refractivity contribution in [1.82, 2.24) is 5.32 Å². The van der Waals surface area contributed by atoms with Gasteiger partial charge in [0, 0.05) is 6.04 Å². The molecule has 0 aliphatic carbocycles. The molecule has 0 heterocycles. The fraction of sp³-hybridized carbons (Fsp3) is 0.647. The minimum atomic E-state index is 0.607. The molecule has 0 amide bonds. The molecule has 0 radical (unpaired) electrons. The molecule has 0 fully saturated rings. The minimum absolute atomic E-state index is 0.607. The van der Waals surface area contributed by atoms with Crippen LogP contribution in [0.1, 0.15) is 50.3 Å². The SMILES string of the molecule is CCCC(C)C(Cc1cc(C)ccc1C)NCC. The Morgan fingerprint density at radius 2 is 1.89 bits per heavy atom. The second kappa shape index (κ2) is 7.58. The number of hydrogen-bond donors (Lipinski definition) is 1. The summed E-state index contributed by atoms with van der Waals surface area (Å²) < 4.78 is 0. The molecule has 0 saturated carbocycles. The van der Waals surface area contributed by atoms with Gasteiger partial charge in [0.2, 0.25) is 0 Å². The lowest BCUT2D eigenvalue weighted by molar-refractivity contribution is 0.357. The summed E-state index contributed by atoms with van der Waals surface area (Å²) in [6, 6.07) is 7.41. The molecule has 2 atom stereocenters. The number of likely N-dealkylation sites (N-methyl/N-ethyl adjacent to an activating group) is 1. The zero-order valence-electron chi connectivity index (χ0n) is 12.7. The number of aryl methyl sites for hydroxylation is 2. The fourth-order valence-corrected chi connectivity index (χ4v) is 2.65. The van der Waals surface area contributed by atoms with Crippen molar-refractivity contribution in [3.05, 3.63) is 34.9 Å². The van der Waals surface area contributed by atoms with Crippen molar-refractivity contribution >= 4 is 0 Å². The Kier molecular flexibility index (Phi) is 6.42. The normalized spacial score (nSPS) is 14.5. The Hall–Kier alpha value is -0.820. The van der Waals surface area contributed by atoms with Gasteiger partial charge in [-0.25, -0.2) is 0 Å². The Balaban J connectivity index is 2.78. The molecule has 1 aromatic rings. The van der Waals surface area contributed by atoms with Crippen LogP contribution in [0.2, 0.25) is 0 Å². The van der Waals surface area contributed by atoms with Crippen LogP contribution in [-0.4, -0.2) is 12.6 Å². The van der Waals surface area contributed by atoms with E-state index in [-0.39, 0.29) is 0 Å². The van der Waals surface area contributed by atoms with Crippen molar-refractivity contribution < 1.29 is 0 Å². The highest BCUT2D eigenvalue weighted by Crippen LogP contribution is 2.18. The van der Waals surface area contributed by atoms with Crippen molar-refractivity contribution in [2.24, 2.45) is 5.92 Å². The predicted molar refractivity (Wildman–Crippen MR) is 81.2 cm³/mol. The van der Waals surface area contributed by atoms with Gasteiger partial charge in [-0.2, -0.15) is 0 Å². The summed E-state index contributed by atoms with van der Waals surface area (Å²) in [5.74, 6) is 0.745. The molecule has 0 bridgehead atoms. The molecular formula is C17H29N. The molecule has 0 aliphatic heterocycles. The summed E-state index contributed by atoms with van der Waals surface area (Å²) in [6.07, 6.45) is 3.74. The molecule has 18 heavy (non-hydrogen) atoms. The second-order valence-electron chi connectivity index (χ2n) is 5.56. The molecule has 1 aromatic carbocycles. The summed E-state index contributed by atoms with van der Waals surface area (Å²) in [7, 11) is 0. The first kappa shape index (κ1) is 15.2. The van der Waals surface area contributed by atoms with Gasteiger partial charge in [0.25, 0.3) is 0 Å². The topological polar surface area (TPSA) is 12.0 Å². The van der Waals surface area contributed by atoms with Crippen molar-refractivity contribution in [1.29, 1.82) is 0 Å². The van der Waals surface area contributed by atoms with Crippen LogP contribution in [0.25, 0.3) is 0 Å². The van der Waals surface area contributed by atoms with Gasteiger partial charge in [-0.05, 0) is 50.3 Å². The fourth-order valence-electron chi connectivity index (χ4n) is 2.65. The molecule has 1 rings (SSSR count). The Morgan fingerprint density at radius 1 is 1.17 bits per heavy atom. The second-order valence-corrected chi connectivity index (χ2v) is 5.56. The highest BCUT2D eigenvalue weighted by atomic mass is 14.9. The smallest absolute Gasteiger partial charge is 0.0133 e. The third kappa shape index (κ3) is 4.45. The Labute approximate surface area is 113 Å². The van der Waals surface area contributed by atoms with Gasteiger partial charge in [-0.3, -0.25) is 0 Å². The lowest BCUT2D eigenvalue weighted by Gasteiger charge is -2.25. The third-order valence-electron chi connectivity index (χ3n) is 3.84. The monoisotopic (exact) mass is 247 g/mol. The number of hydrogen-bond acceptors (Lipinski definition) is 1. The third-order valence-corrected chi connectivity index (χ3v) is 3.84. The van der Waals surface area contributed by atoms with Gasteiger partial charge in [0.15, 0.2) is 0 Å². The van der Waals surface area contributed by atoms with E-state index >= 15 is 0 Å². The summed E-state index contributed by atoms with van der Waals surface area (Å²) in [5.41, 5.74) is 4.30. The van der Waals surface area contributed by atoms with Crippen LogP contribution in [0.5, 0.6) is 0 Å². The van der Waals surface area contributed by atoms with E-state index < -0.39 is 0 Å². The zero-order valence-corrected chi connectivity index (χ0v) is 12.7. The molecule has 102 valence electrons. The summed E-state index contributed by atoms with van der Waals surface area (Å²) in [4.78, 5) is 0. The molecule has 1 N–H and O–H groups in total. The van der Waals surface area contributed by atoms with Gasteiger partial charge < -0.3 is 5.32 Å². The van der Waals surface area contributed by atoms with Gasteiger partial charge in [-0.1, -0.05) is 51.0 Å². The highest BCUT2D eigenvalue weighted by Gasteiger charge is 2.16. The minimum Gasteiger partial charge on any atom is -0.314 e. The van der Waals surface area contributed by atoms with Gasteiger partial charge >= 0.3 is 0 Å². The largest absolute Gasteiger partial charge is 0.314 e. The molecular weight excluding hydrogens is 218 g/mol. The number of rotatable bonds is 7. The average molecular weight is 247 g/mol. The Morgan fingerprint density at radius 3 is 2.50 bits per heavy atom. The van der Waals surface area contributed by atoms with Crippen LogP contribution >= 0.6 is 0 Å². The van der Waals surface area contributed by atoms with Crippen molar-refractivity contribution in [2.45, 2.75) is 59.9 Å². The van der Waals surface area contributed by atoms with Crippen molar-refractivity contribution in [2.75, 3.05) is 6.54 Å². The first-order valence-corrected chi connectivity index (χ1v) is 7.38. The lowest BCUT2D eigenvalue weighted by Crippen LogP contribution is -2.37. The first-order valence-electron chi connectivity index (χ1n) is 7.38. The van der Waals surface area contributed by atoms with Gasteiger partial charge in [0.05, 0.1) is 0 Å². The van der Waals surface area contributed by atoms with E-state index in [0.29, 0.717) is 6.04 Å². The quantitative estimate of drug-likeness (QED) is 0.759.